The highest BCUT2D eigenvalue weighted by Gasteiger charge is 2.21. The first-order chi connectivity index (χ1) is 10.1. The van der Waals surface area contributed by atoms with Gasteiger partial charge >= 0.3 is 0 Å². The summed E-state index contributed by atoms with van der Waals surface area (Å²) in [5.74, 6) is 0.151. The van der Waals surface area contributed by atoms with E-state index in [4.69, 9.17) is 11.6 Å². The van der Waals surface area contributed by atoms with E-state index in [0.717, 1.165) is 37.8 Å². The number of likely N-dealkylation sites (tertiary alicyclic amines) is 1. The van der Waals surface area contributed by atoms with Gasteiger partial charge in [-0.05, 0) is 44.5 Å². The summed E-state index contributed by atoms with van der Waals surface area (Å²) < 4.78 is 0. The van der Waals surface area contributed by atoms with Crippen LogP contribution in [0.2, 0.25) is 5.02 Å². The maximum Gasteiger partial charge on any atom is 0.234 e. The predicted octanol–water partition coefficient (Wildman–Crippen LogP) is 2.43. The number of piperidine rings is 1. The molecule has 1 aliphatic heterocycles. The van der Waals surface area contributed by atoms with Gasteiger partial charge in [0.1, 0.15) is 6.29 Å². The molecule has 0 aromatic heterocycles. The fraction of sp³-hybridized carbons (Fsp3) is 0.500. The van der Waals surface area contributed by atoms with Crippen molar-refractivity contribution in [3.05, 3.63) is 34.9 Å². The number of hydrogen-bond donors (Lipinski definition) is 1. The topological polar surface area (TPSA) is 49.4 Å². The van der Waals surface area contributed by atoms with Crippen LogP contribution >= 0.6 is 11.6 Å². The number of halogens is 1. The zero-order valence-electron chi connectivity index (χ0n) is 12.2. The van der Waals surface area contributed by atoms with Crippen LogP contribution in [0.1, 0.15) is 31.4 Å². The summed E-state index contributed by atoms with van der Waals surface area (Å²) in [5, 5.41) is 3.64. The average molecular weight is 309 g/mol. The zero-order chi connectivity index (χ0) is 15.2. The Morgan fingerprint density at radius 2 is 2.10 bits per heavy atom. The first-order valence-corrected chi connectivity index (χ1v) is 7.69. The average Bonchev–Trinajstić information content (AvgIpc) is 2.48. The van der Waals surface area contributed by atoms with Crippen molar-refractivity contribution < 1.29 is 9.59 Å². The van der Waals surface area contributed by atoms with Gasteiger partial charge in [-0.25, -0.2) is 0 Å². The molecule has 1 aromatic carbocycles. The van der Waals surface area contributed by atoms with E-state index in [1.54, 1.807) is 0 Å². The molecule has 0 aliphatic carbocycles. The van der Waals surface area contributed by atoms with E-state index >= 15 is 0 Å². The Morgan fingerprint density at radius 1 is 1.43 bits per heavy atom. The first kappa shape index (κ1) is 16.0. The summed E-state index contributed by atoms with van der Waals surface area (Å²) in [6, 6.07) is 7.41. The third-order valence-corrected chi connectivity index (χ3v) is 4.29. The van der Waals surface area contributed by atoms with E-state index in [2.05, 4.69) is 10.2 Å². The van der Waals surface area contributed by atoms with Crippen LogP contribution in [0.4, 0.5) is 0 Å². The van der Waals surface area contributed by atoms with E-state index in [9.17, 15) is 9.59 Å². The van der Waals surface area contributed by atoms with Crippen LogP contribution in [0.15, 0.2) is 24.3 Å². The summed E-state index contributed by atoms with van der Waals surface area (Å²) in [5.41, 5.74) is 0.923. The van der Waals surface area contributed by atoms with Crippen LogP contribution in [0.25, 0.3) is 0 Å². The molecule has 1 fully saturated rings. The summed E-state index contributed by atoms with van der Waals surface area (Å²) in [4.78, 5) is 24.9. The molecule has 1 saturated heterocycles. The molecule has 1 heterocycles. The van der Waals surface area contributed by atoms with Crippen molar-refractivity contribution in [1.82, 2.24) is 10.2 Å². The molecular formula is C16H21ClN2O2. The lowest BCUT2D eigenvalue weighted by atomic mass is 9.99. The van der Waals surface area contributed by atoms with Crippen molar-refractivity contribution in [3.63, 3.8) is 0 Å². The van der Waals surface area contributed by atoms with Crippen LogP contribution < -0.4 is 5.32 Å². The molecule has 21 heavy (non-hydrogen) atoms. The molecule has 4 nitrogen and oxygen atoms in total. The van der Waals surface area contributed by atoms with Gasteiger partial charge < -0.3 is 10.1 Å². The summed E-state index contributed by atoms with van der Waals surface area (Å²) in [6.07, 6.45) is 2.71. The van der Waals surface area contributed by atoms with E-state index in [0.29, 0.717) is 11.6 Å². The number of nitrogens with zero attached hydrogens (tertiary/aromatic N) is 1. The van der Waals surface area contributed by atoms with Crippen molar-refractivity contribution in [2.24, 2.45) is 5.92 Å². The number of nitrogens with one attached hydrogen (secondary N) is 1. The fourth-order valence-corrected chi connectivity index (χ4v) is 2.94. The Bertz CT molecular complexity index is 499. The standard InChI is InChI=1S/C16H21ClN2O2/c1-12(14-4-2-3-5-15(14)17)18-16(21)10-19-8-6-13(11-20)7-9-19/h2-5,11-13H,6-10H2,1H3,(H,18,21). The van der Waals surface area contributed by atoms with Crippen LogP contribution in [0, 0.1) is 5.92 Å². The maximum atomic E-state index is 12.1. The van der Waals surface area contributed by atoms with Crippen molar-refractivity contribution in [2.75, 3.05) is 19.6 Å². The van der Waals surface area contributed by atoms with Gasteiger partial charge in [-0.3, -0.25) is 9.69 Å². The number of benzene rings is 1. The Balaban J connectivity index is 1.82. The maximum absolute atomic E-state index is 12.1. The number of rotatable bonds is 5. The van der Waals surface area contributed by atoms with Crippen LogP contribution in [-0.4, -0.2) is 36.7 Å². The molecule has 1 N–H and O–H groups in total. The first-order valence-electron chi connectivity index (χ1n) is 7.31. The van der Waals surface area contributed by atoms with E-state index < -0.39 is 0 Å². The van der Waals surface area contributed by atoms with Gasteiger partial charge in [0.2, 0.25) is 5.91 Å². The summed E-state index contributed by atoms with van der Waals surface area (Å²) in [7, 11) is 0. The summed E-state index contributed by atoms with van der Waals surface area (Å²) in [6.45, 7) is 3.91. The Labute approximate surface area is 130 Å². The van der Waals surface area contributed by atoms with Gasteiger partial charge in [0.25, 0.3) is 0 Å². The lowest BCUT2D eigenvalue weighted by molar-refractivity contribution is -0.123. The highest BCUT2D eigenvalue weighted by molar-refractivity contribution is 6.31. The molecule has 1 atom stereocenters. The van der Waals surface area contributed by atoms with Gasteiger partial charge in [0.15, 0.2) is 0 Å². The number of amides is 1. The minimum Gasteiger partial charge on any atom is -0.348 e. The van der Waals surface area contributed by atoms with Crippen LogP contribution in [0.5, 0.6) is 0 Å². The number of hydrogen-bond acceptors (Lipinski definition) is 3. The zero-order valence-corrected chi connectivity index (χ0v) is 13.0. The van der Waals surface area contributed by atoms with Crippen molar-refractivity contribution >= 4 is 23.8 Å². The lowest BCUT2D eigenvalue weighted by Gasteiger charge is -2.29. The smallest absolute Gasteiger partial charge is 0.234 e. The summed E-state index contributed by atoms with van der Waals surface area (Å²) >= 11 is 6.13. The van der Waals surface area contributed by atoms with Crippen molar-refractivity contribution in [1.29, 1.82) is 0 Å². The fourth-order valence-electron chi connectivity index (χ4n) is 2.64. The number of carbonyl (C=O) groups is 2. The molecule has 1 unspecified atom stereocenters. The molecule has 1 aliphatic rings. The van der Waals surface area contributed by atoms with Gasteiger partial charge in [0, 0.05) is 10.9 Å². The number of aldehydes is 1. The second-order valence-electron chi connectivity index (χ2n) is 5.56. The van der Waals surface area contributed by atoms with Crippen molar-refractivity contribution in [2.45, 2.75) is 25.8 Å². The molecule has 1 amide bonds. The Hall–Kier alpha value is -1.39. The predicted molar refractivity (Wildman–Crippen MR) is 83.2 cm³/mol. The van der Waals surface area contributed by atoms with Gasteiger partial charge in [-0.1, -0.05) is 29.8 Å². The van der Waals surface area contributed by atoms with E-state index in [1.807, 2.05) is 31.2 Å². The van der Waals surface area contributed by atoms with Crippen LogP contribution in [0.3, 0.4) is 0 Å². The SMILES string of the molecule is CC(NC(=O)CN1CCC(C=O)CC1)c1ccccc1Cl. The van der Waals surface area contributed by atoms with Gasteiger partial charge in [0.05, 0.1) is 12.6 Å². The molecule has 0 radical (unpaired) electrons. The second kappa shape index (κ2) is 7.57. The van der Waals surface area contributed by atoms with Crippen LogP contribution in [-0.2, 0) is 9.59 Å². The van der Waals surface area contributed by atoms with Gasteiger partial charge in [-0.2, -0.15) is 0 Å². The molecule has 114 valence electrons. The quantitative estimate of drug-likeness (QED) is 0.850. The minimum absolute atomic E-state index is 0.00743. The second-order valence-corrected chi connectivity index (χ2v) is 5.97. The lowest BCUT2D eigenvalue weighted by Crippen LogP contribution is -2.42. The highest BCUT2D eigenvalue weighted by Crippen LogP contribution is 2.22. The Kier molecular flexibility index (Phi) is 5.76. The normalized spacial score (nSPS) is 18.2. The molecule has 0 saturated carbocycles. The minimum atomic E-state index is -0.112. The van der Waals surface area contributed by atoms with E-state index in [1.165, 1.54) is 0 Å². The third-order valence-electron chi connectivity index (χ3n) is 3.94. The largest absolute Gasteiger partial charge is 0.348 e. The molecule has 2 rings (SSSR count). The van der Waals surface area contributed by atoms with E-state index in [-0.39, 0.29) is 17.9 Å². The molecule has 0 bridgehead atoms. The molecule has 1 aromatic rings. The highest BCUT2D eigenvalue weighted by atomic mass is 35.5. The van der Waals surface area contributed by atoms with Gasteiger partial charge in [-0.15, -0.1) is 0 Å². The third kappa shape index (κ3) is 4.55. The molecular weight excluding hydrogens is 288 g/mol. The molecule has 5 heteroatoms. The molecule has 0 spiro atoms. The monoisotopic (exact) mass is 308 g/mol. The Morgan fingerprint density at radius 3 is 2.71 bits per heavy atom. The van der Waals surface area contributed by atoms with Crippen molar-refractivity contribution in [3.8, 4) is 0 Å². The number of carbonyl (C=O) groups excluding carboxylic acids is 2.